The van der Waals surface area contributed by atoms with E-state index in [4.69, 9.17) is 0 Å². The summed E-state index contributed by atoms with van der Waals surface area (Å²) in [7, 11) is 0. The monoisotopic (exact) mass is 336 g/mol. The molecule has 0 aromatic heterocycles. The average molecular weight is 336 g/mol. The van der Waals surface area contributed by atoms with Crippen molar-refractivity contribution in [1.29, 1.82) is 0 Å². The molecule has 120 valence electrons. The number of carbonyl (C=O) groups is 2. The lowest BCUT2D eigenvalue weighted by Crippen LogP contribution is -3.14. The second-order valence-corrected chi connectivity index (χ2v) is 7.55. The minimum Gasteiger partial charge on any atom is -0.477 e. The first-order valence-electron chi connectivity index (χ1n) is 7.74. The van der Waals surface area contributed by atoms with Gasteiger partial charge in [0, 0.05) is 12.8 Å². The van der Waals surface area contributed by atoms with Gasteiger partial charge in [0.1, 0.15) is 0 Å². The summed E-state index contributed by atoms with van der Waals surface area (Å²) in [5.74, 6) is -2.22. The van der Waals surface area contributed by atoms with Gasteiger partial charge in [-0.1, -0.05) is 0 Å². The Hall–Kier alpha value is -1.70. The minimum atomic E-state index is -1.23. The first kappa shape index (κ1) is 14.9. The number of ketones is 1. The molecular weight excluding hydrogens is 319 g/mol. The fourth-order valence-corrected chi connectivity index (χ4v) is 4.96. The number of aliphatic carboxylic acids is 1. The van der Waals surface area contributed by atoms with E-state index in [2.05, 4.69) is 0 Å². The summed E-state index contributed by atoms with van der Waals surface area (Å²) >= 11 is 1.40. The van der Waals surface area contributed by atoms with Crippen molar-refractivity contribution in [3.63, 3.8) is 0 Å². The molecule has 0 aliphatic carbocycles. The third kappa shape index (κ3) is 2.07. The van der Waals surface area contributed by atoms with Gasteiger partial charge < -0.3 is 5.11 Å². The molecular formula is C16H17FN2O3S+2. The number of thioether (sulfide) groups is 1. The zero-order chi connectivity index (χ0) is 16.3. The van der Waals surface area contributed by atoms with Gasteiger partial charge in [-0.05, 0) is 24.8 Å². The van der Waals surface area contributed by atoms with Gasteiger partial charge in [0.2, 0.25) is 5.78 Å². The molecule has 7 heteroatoms. The van der Waals surface area contributed by atoms with E-state index in [1.54, 1.807) is 6.07 Å². The number of halogens is 1. The van der Waals surface area contributed by atoms with Crippen LogP contribution >= 0.6 is 11.8 Å². The standard InChI is InChI=1S/C16H15FN2O3S/c1-8-19-11-7-12(18-4-2-3-5-18)10(17)6-9(11)14(20)13(16(21)22)15(19)23-8/h6-8H,2-5H2,1H3,(H,21,22)/p+2. The quantitative estimate of drug-likeness (QED) is 0.677. The Morgan fingerprint density at radius 2 is 2.00 bits per heavy atom. The molecule has 0 bridgehead atoms. The normalized spacial score (nSPS) is 26.8. The maximum absolute atomic E-state index is 14.5. The van der Waals surface area contributed by atoms with Gasteiger partial charge in [0.15, 0.2) is 33.2 Å². The predicted molar refractivity (Wildman–Crippen MR) is 82.7 cm³/mol. The Balaban J connectivity index is 1.87. The molecule has 1 aromatic rings. The lowest BCUT2D eigenvalue weighted by atomic mass is 9.96. The summed E-state index contributed by atoms with van der Waals surface area (Å²) in [5.41, 5.74) is 1.30. The van der Waals surface area contributed by atoms with Crippen molar-refractivity contribution in [2.75, 3.05) is 13.1 Å². The van der Waals surface area contributed by atoms with E-state index >= 15 is 0 Å². The van der Waals surface area contributed by atoms with Crippen molar-refractivity contribution in [2.24, 2.45) is 0 Å². The minimum absolute atomic E-state index is 0.123. The van der Waals surface area contributed by atoms with Crippen molar-refractivity contribution in [3.05, 3.63) is 34.1 Å². The molecule has 5 nitrogen and oxygen atoms in total. The summed E-state index contributed by atoms with van der Waals surface area (Å²) in [4.78, 5) is 25.9. The topological polar surface area (TPSA) is 63.2 Å². The number of hydrogen-bond donors (Lipinski definition) is 3. The Morgan fingerprint density at radius 1 is 1.30 bits per heavy atom. The van der Waals surface area contributed by atoms with E-state index < -0.39 is 17.6 Å². The smallest absolute Gasteiger partial charge is 0.346 e. The van der Waals surface area contributed by atoms with Crippen LogP contribution in [0.25, 0.3) is 0 Å². The molecule has 3 heterocycles. The van der Waals surface area contributed by atoms with Crippen molar-refractivity contribution in [2.45, 2.75) is 25.1 Å². The van der Waals surface area contributed by atoms with Crippen LogP contribution in [-0.4, -0.2) is 35.3 Å². The average Bonchev–Trinajstić information content (AvgIpc) is 3.00. The third-order valence-corrected chi connectivity index (χ3v) is 6.09. The van der Waals surface area contributed by atoms with Crippen molar-refractivity contribution < 1.29 is 28.9 Å². The van der Waals surface area contributed by atoms with Crippen LogP contribution in [0.1, 0.15) is 30.1 Å². The van der Waals surface area contributed by atoms with E-state index in [1.807, 2.05) is 6.92 Å². The van der Waals surface area contributed by atoms with Gasteiger partial charge in [-0.25, -0.2) is 9.18 Å². The number of quaternary nitrogens is 2. The molecule has 3 aliphatic heterocycles. The van der Waals surface area contributed by atoms with Gasteiger partial charge in [-0.3, -0.25) is 14.6 Å². The second-order valence-electron chi connectivity index (χ2n) is 6.20. The second kappa shape index (κ2) is 5.15. The number of fused-ring (bicyclic) bond motifs is 3. The Morgan fingerprint density at radius 3 is 2.61 bits per heavy atom. The third-order valence-electron chi connectivity index (χ3n) is 4.84. The lowest BCUT2D eigenvalue weighted by Gasteiger charge is -2.39. The molecule has 0 saturated carbocycles. The highest BCUT2D eigenvalue weighted by Crippen LogP contribution is 2.37. The molecule has 3 aliphatic rings. The molecule has 2 atom stereocenters. The van der Waals surface area contributed by atoms with Crippen LogP contribution in [0, 0.1) is 5.82 Å². The highest BCUT2D eigenvalue weighted by molar-refractivity contribution is 8.04. The fraction of sp³-hybridized carbons (Fsp3) is 0.375. The highest BCUT2D eigenvalue weighted by atomic mass is 32.2. The maximum Gasteiger partial charge on any atom is 0.346 e. The number of carboxylic acid groups (broad SMARTS) is 1. The van der Waals surface area contributed by atoms with E-state index in [1.165, 1.54) is 17.8 Å². The summed E-state index contributed by atoms with van der Waals surface area (Å²) < 4.78 is 14.5. The molecule has 2 saturated heterocycles. The summed E-state index contributed by atoms with van der Waals surface area (Å²) in [6.45, 7) is 3.77. The summed E-state index contributed by atoms with van der Waals surface area (Å²) in [6, 6.07) is 3.01. The van der Waals surface area contributed by atoms with Crippen LogP contribution in [0.3, 0.4) is 0 Å². The number of nitrogens with one attached hydrogen (secondary N) is 2. The molecule has 2 unspecified atom stereocenters. The van der Waals surface area contributed by atoms with Crippen LogP contribution in [0.2, 0.25) is 0 Å². The molecule has 0 spiro atoms. The van der Waals surface area contributed by atoms with Crippen LogP contribution in [0.5, 0.6) is 0 Å². The maximum atomic E-state index is 14.5. The van der Waals surface area contributed by atoms with Gasteiger partial charge in [0.05, 0.1) is 24.7 Å². The molecule has 23 heavy (non-hydrogen) atoms. The van der Waals surface area contributed by atoms with Gasteiger partial charge >= 0.3 is 5.97 Å². The predicted octanol–water partition coefficient (Wildman–Crippen LogP) is 0.238. The van der Waals surface area contributed by atoms with Crippen molar-refractivity contribution in [1.82, 2.24) is 0 Å². The van der Waals surface area contributed by atoms with Gasteiger partial charge in [0.25, 0.3) is 0 Å². The van der Waals surface area contributed by atoms with Crippen LogP contribution in [0.4, 0.5) is 15.8 Å². The Bertz CT molecular complexity index is 771. The van der Waals surface area contributed by atoms with Crippen LogP contribution in [-0.2, 0) is 4.79 Å². The largest absolute Gasteiger partial charge is 0.477 e. The SMILES string of the molecule is CC1SC2=C(C(=O)O)C(=O)c3cc(F)c([NH+]4CCCC4)cc3[NH+]21. The van der Waals surface area contributed by atoms with E-state index in [0.717, 1.165) is 41.4 Å². The number of Topliss-reactive ketones (excluding diaryl/α,β-unsaturated/α-hetero) is 1. The number of benzene rings is 1. The van der Waals surface area contributed by atoms with E-state index in [0.29, 0.717) is 10.7 Å². The first-order valence-corrected chi connectivity index (χ1v) is 8.62. The number of rotatable bonds is 2. The van der Waals surface area contributed by atoms with E-state index in [9.17, 15) is 19.1 Å². The summed E-state index contributed by atoms with van der Waals surface area (Å²) in [5, 5.41) is 10.0. The number of carbonyl (C=O) groups excluding carboxylic acids is 1. The number of carboxylic acids is 1. The Kier molecular flexibility index (Phi) is 3.33. The molecule has 0 amide bonds. The molecule has 4 rings (SSSR count). The molecule has 0 radical (unpaired) electrons. The van der Waals surface area contributed by atoms with Crippen LogP contribution < -0.4 is 9.80 Å². The zero-order valence-electron chi connectivity index (χ0n) is 12.6. The molecule has 1 aromatic carbocycles. The highest BCUT2D eigenvalue weighted by Gasteiger charge is 2.51. The van der Waals surface area contributed by atoms with Crippen molar-refractivity contribution in [3.8, 4) is 0 Å². The number of hydrogen-bond acceptors (Lipinski definition) is 3. The molecule has 3 N–H and O–H groups in total. The Labute approximate surface area is 136 Å². The zero-order valence-corrected chi connectivity index (χ0v) is 13.4. The first-order chi connectivity index (χ1) is 11.0. The fourth-order valence-electron chi connectivity index (χ4n) is 3.72. The van der Waals surface area contributed by atoms with Crippen molar-refractivity contribution >= 4 is 34.9 Å². The van der Waals surface area contributed by atoms with Crippen LogP contribution in [0.15, 0.2) is 22.7 Å². The van der Waals surface area contributed by atoms with Gasteiger partial charge in [-0.15, -0.1) is 0 Å². The lowest BCUT2D eigenvalue weighted by molar-refractivity contribution is -0.822. The van der Waals surface area contributed by atoms with Gasteiger partial charge in [-0.2, -0.15) is 0 Å². The molecule has 2 fully saturated rings. The van der Waals surface area contributed by atoms with E-state index in [-0.39, 0.29) is 16.5 Å². The summed E-state index contributed by atoms with van der Waals surface area (Å²) in [6.07, 6.45) is 2.14.